The zero-order valence-electron chi connectivity index (χ0n) is 13.6. The lowest BCUT2D eigenvalue weighted by molar-refractivity contribution is -0.383. The van der Waals surface area contributed by atoms with Crippen molar-refractivity contribution in [3.63, 3.8) is 0 Å². The molecule has 0 spiro atoms. The molecule has 1 aromatic heterocycles. The summed E-state index contributed by atoms with van der Waals surface area (Å²) < 4.78 is 13.3. The first-order valence-corrected chi connectivity index (χ1v) is 8.33. The second-order valence-electron chi connectivity index (χ2n) is 5.94. The maximum absolute atomic E-state index is 13.3. The van der Waals surface area contributed by atoms with E-state index in [4.69, 9.17) is 11.6 Å². The first kappa shape index (κ1) is 17.3. The van der Waals surface area contributed by atoms with Crippen molar-refractivity contribution in [3.8, 4) is 0 Å². The van der Waals surface area contributed by atoms with Crippen molar-refractivity contribution in [2.45, 2.75) is 32.2 Å². The molecule has 1 atom stereocenters. The minimum absolute atomic E-state index is 0.0513. The highest BCUT2D eigenvalue weighted by Gasteiger charge is 2.30. The van der Waals surface area contributed by atoms with Crippen LogP contribution in [0.15, 0.2) is 24.5 Å². The fraction of sp³-hybridized carbons (Fsp3) is 0.375. The lowest BCUT2D eigenvalue weighted by Gasteiger charge is -2.33. The zero-order valence-corrected chi connectivity index (χ0v) is 14.3. The molecule has 25 heavy (non-hydrogen) atoms. The van der Waals surface area contributed by atoms with Gasteiger partial charge in [-0.25, -0.2) is 14.4 Å². The maximum Gasteiger partial charge on any atom is 0.353 e. The monoisotopic (exact) mass is 365 g/mol. The van der Waals surface area contributed by atoms with Gasteiger partial charge in [-0.15, -0.1) is 0 Å². The Morgan fingerprint density at radius 1 is 1.40 bits per heavy atom. The third-order valence-electron chi connectivity index (χ3n) is 4.24. The fourth-order valence-corrected chi connectivity index (χ4v) is 3.14. The summed E-state index contributed by atoms with van der Waals surface area (Å²) in [5.41, 5.74) is 0.211. The van der Waals surface area contributed by atoms with Crippen molar-refractivity contribution in [3.05, 3.63) is 45.5 Å². The summed E-state index contributed by atoms with van der Waals surface area (Å²) in [5, 5.41) is 14.4. The summed E-state index contributed by atoms with van der Waals surface area (Å²) >= 11 is 5.76. The summed E-state index contributed by atoms with van der Waals surface area (Å²) in [7, 11) is 0. The molecule has 1 aliphatic rings. The van der Waals surface area contributed by atoms with Gasteiger partial charge in [-0.3, -0.25) is 10.1 Å². The Hall–Kier alpha value is -2.48. The van der Waals surface area contributed by atoms with Gasteiger partial charge in [-0.2, -0.15) is 0 Å². The minimum atomic E-state index is -0.563. The van der Waals surface area contributed by atoms with Crippen LogP contribution >= 0.6 is 11.6 Å². The minimum Gasteiger partial charge on any atom is -0.348 e. The molecule has 2 heterocycles. The normalized spacial score (nSPS) is 17.4. The van der Waals surface area contributed by atoms with Gasteiger partial charge >= 0.3 is 5.69 Å². The summed E-state index contributed by atoms with van der Waals surface area (Å²) in [5.74, 6) is -0.217. The molecule has 132 valence electrons. The molecule has 1 aliphatic heterocycles. The number of aromatic nitrogens is 2. The topological polar surface area (TPSA) is 84.2 Å². The molecular weight excluding hydrogens is 349 g/mol. The van der Waals surface area contributed by atoms with Crippen molar-refractivity contribution >= 4 is 34.6 Å². The van der Waals surface area contributed by atoms with E-state index in [1.54, 1.807) is 0 Å². The van der Waals surface area contributed by atoms with E-state index in [-0.39, 0.29) is 22.6 Å². The van der Waals surface area contributed by atoms with Crippen molar-refractivity contribution in [2.75, 3.05) is 16.8 Å². The molecule has 7 nitrogen and oxygen atoms in total. The Kier molecular flexibility index (Phi) is 4.98. The highest BCUT2D eigenvalue weighted by molar-refractivity contribution is 6.31. The van der Waals surface area contributed by atoms with E-state index in [1.807, 2.05) is 11.8 Å². The zero-order chi connectivity index (χ0) is 18.0. The molecule has 0 aliphatic carbocycles. The molecule has 1 aromatic carbocycles. The van der Waals surface area contributed by atoms with Gasteiger partial charge in [0.15, 0.2) is 0 Å². The molecule has 0 saturated carbocycles. The van der Waals surface area contributed by atoms with Crippen LogP contribution in [0.2, 0.25) is 5.02 Å². The number of halogens is 2. The summed E-state index contributed by atoms with van der Waals surface area (Å²) in [6, 6.07) is 4.14. The number of nitrogens with zero attached hydrogens (tertiary/aromatic N) is 4. The number of piperidine rings is 1. The summed E-state index contributed by atoms with van der Waals surface area (Å²) in [4.78, 5) is 21.3. The van der Waals surface area contributed by atoms with E-state index in [0.29, 0.717) is 18.1 Å². The van der Waals surface area contributed by atoms with E-state index in [1.165, 1.54) is 24.5 Å². The number of nitro groups is 1. The van der Waals surface area contributed by atoms with Crippen LogP contribution < -0.4 is 10.2 Å². The molecule has 0 radical (unpaired) electrons. The van der Waals surface area contributed by atoms with Crippen LogP contribution in [-0.2, 0) is 0 Å². The Bertz CT molecular complexity index is 804. The van der Waals surface area contributed by atoms with Gasteiger partial charge in [-0.05, 0) is 44.4 Å². The molecule has 1 N–H and O–H groups in total. The van der Waals surface area contributed by atoms with Gasteiger partial charge in [-0.1, -0.05) is 11.6 Å². The van der Waals surface area contributed by atoms with Crippen LogP contribution in [0.1, 0.15) is 26.2 Å². The first-order chi connectivity index (χ1) is 12.0. The lowest BCUT2D eigenvalue weighted by atomic mass is 10.0. The van der Waals surface area contributed by atoms with Crippen LogP contribution in [0.25, 0.3) is 0 Å². The van der Waals surface area contributed by atoms with Gasteiger partial charge in [0.25, 0.3) is 0 Å². The van der Waals surface area contributed by atoms with E-state index >= 15 is 0 Å². The molecule has 3 rings (SSSR count). The number of hydrogen-bond acceptors (Lipinski definition) is 6. The summed E-state index contributed by atoms with van der Waals surface area (Å²) in [6.07, 6.45) is 4.30. The van der Waals surface area contributed by atoms with E-state index in [9.17, 15) is 14.5 Å². The van der Waals surface area contributed by atoms with Gasteiger partial charge in [0, 0.05) is 18.3 Å². The highest BCUT2D eigenvalue weighted by Crippen LogP contribution is 2.36. The number of benzene rings is 1. The Labute approximate surface area is 149 Å². The Balaban J connectivity index is 2.00. The molecule has 2 aromatic rings. The van der Waals surface area contributed by atoms with E-state index in [0.717, 1.165) is 19.3 Å². The standard InChI is InChI=1S/C16H17ClFN5O2/c1-10-4-2-3-7-22(10)16-14(23(24)25)15(19-9-20-16)21-11-5-6-13(18)12(17)8-11/h5-6,8-10H,2-4,7H2,1H3,(H,19,20,21). The quantitative estimate of drug-likeness (QED) is 0.642. The van der Waals surface area contributed by atoms with Crippen molar-refractivity contribution < 1.29 is 9.31 Å². The lowest BCUT2D eigenvalue weighted by Crippen LogP contribution is -2.38. The van der Waals surface area contributed by atoms with Crippen LogP contribution in [0.5, 0.6) is 0 Å². The molecule has 1 unspecified atom stereocenters. The molecular formula is C16H17ClFN5O2. The van der Waals surface area contributed by atoms with E-state index < -0.39 is 10.7 Å². The molecule has 0 bridgehead atoms. The third-order valence-corrected chi connectivity index (χ3v) is 4.53. The largest absolute Gasteiger partial charge is 0.353 e. The maximum atomic E-state index is 13.3. The van der Waals surface area contributed by atoms with E-state index in [2.05, 4.69) is 15.3 Å². The number of rotatable bonds is 4. The van der Waals surface area contributed by atoms with Crippen LogP contribution in [-0.4, -0.2) is 27.5 Å². The van der Waals surface area contributed by atoms with Crippen LogP contribution in [0.4, 0.5) is 27.4 Å². The van der Waals surface area contributed by atoms with Crippen molar-refractivity contribution in [1.29, 1.82) is 0 Å². The second kappa shape index (κ2) is 7.18. The van der Waals surface area contributed by atoms with Crippen LogP contribution in [0, 0.1) is 15.9 Å². The number of hydrogen-bond donors (Lipinski definition) is 1. The Morgan fingerprint density at radius 3 is 2.88 bits per heavy atom. The first-order valence-electron chi connectivity index (χ1n) is 7.95. The Morgan fingerprint density at radius 2 is 2.20 bits per heavy atom. The molecule has 9 heteroatoms. The molecule has 1 saturated heterocycles. The predicted molar refractivity (Wildman–Crippen MR) is 94.0 cm³/mol. The summed E-state index contributed by atoms with van der Waals surface area (Å²) in [6.45, 7) is 2.73. The smallest absolute Gasteiger partial charge is 0.348 e. The molecule has 1 fully saturated rings. The second-order valence-corrected chi connectivity index (χ2v) is 6.35. The predicted octanol–water partition coefficient (Wildman–Crippen LogP) is 4.30. The number of anilines is 3. The average Bonchev–Trinajstić information content (AvgIpc) is 2.58. The molecule has 0 amide bonds. The fourth-order valence-electron chi connectivity index (χ4n) is 2.96. The van der Waals surface area contributed by atoms with Crippen molar-refractivity contribution in [1.82, 2.24) is 9.97 Å². The van der Waals surface area contributed by atoms with Gasteiger partial charge in [0.2, 0.25) is 11.6 Å². The van der Waals surface area contributed by atoms with Gasteiger partial charge in [0.1, 0.15) is 12.1 Å². The van der Waals surface area contributed by atoms with Crippen LogP contribution in [0.3, 0.4) is 0 Å². The van der Waals surface area contributed by atoms with Crippen molar-refractivity contribution in [2.24, 2.45) is 0 Å². The van der Waals surface area contributed by atoms with Gasteiger partial charge < -0.3 is 10.2 Å². The number of nitrogens with one attached hydrogen (secondary N) is 1. The third kappa shape index (κ3) is 3.63. The van der Waals surface area contributed by atoms with Gasteiger partial charge in [0.05, 0.1) is 9.95 Å². The SMILES string of the molecule is CC1CCCCN1c1ncnc(Nc2ccc(F)c(Cl)c2)c1[N+](=O)[O-]. The average molecular weight is 366 g/mol. The highest BCUT2D eigenvalue weighted by atomic mass is 35.5.